The van der Waals surface area contributed by atoms with Crippen LogP contribution in [0.25, 0.3) is 22.5 Å². The van der Waals surface area contributed by atoms with Gasteiger partial charge in [0.25, 0.3) is 5.89 Å². The summed E-state index contributed by atoms with van der Waals surface area (Å²) in [7, 11) is 0. The van der Waals surface area contributed by atoms with Crippen molar-refractivity contribution >= 4 is 35.2 Å². The van der Waals surface area contributed by atoms with Crippen LogP contribution in [-0.2, 0) is 6.54 Å². The minimum atomic E-state index is 0. The number of hydrogen-bond acceptors (Lipinski definition) is 8. The number of nitrogens with one attached hydrogen (secondary N) is 3. The van der Waals surface area contributed by atoms with Gasteiger partial charge in [0.05, 0.1) is 11.0 Å². The Hall–Kier alpha value is -3.01. The number of aryl methyl sites for hydroxylation is 1. The second kappa shape index (κ2) is 9.01. The molecule has 9 nitrogen and oxygen atoms in total. The molecule has 4 aromatic rings. The number of rotatable bonds is 5. The van der Waals surface area contributed by atoms with Crippen molar-refractivity contribution in [2.45, 2.75) is 26.4 Å². The Balaban J connectivity index is 0.00000231. The van der Waals surface area contributed by atoms with E-state index in [2.05, 4.69) is 59.7 Å². The number of benzene rings is 1. The summed E-state index contributed by atoms with van der Waals surface area (Å²) < 4.78 is 5.26. The van der Waals surface area contributed by atoms with Gasteiger partial charge in [-0.05, 0) is 49.7 Å². The van der Waals surface area contributed by atoms with Crippen LogP contribution in [0.3, 0.4) is 0 Å². The monoisotopic (exact) mass is 440 g/mol. The summed E-state index contributed by atoms with van der Waals surface area (Å²) in [5.41, 5.74) is 3.81. The fourth-order valence-corrected chi connectivity index (χ4v) is 3.73. The number of aromatic amines is 1. The summed E-state index contributed by atoms with van der Waals surface area (Å²) in [5, 5.41) is 10.6. The molecule has 1 saturated heterocycles. The largest absolute Gasteiger partial charge is 0.334 e. The van der Waals surface area contributed by atoms with Gasteiger partial charge in [0.2, 0.25) is 5.95 Å². The second-order valence-corrected chi connectivity index (χ2v) is 7.66. The van der Waals surface area contributed by atoms with Crippen molar-refractivity contribution in [3.8, 4) is 11.5 Å². The highest BCUT2D eigenvalue weighted by molar-refractivity contribution is 5.85. The minimum Gasteiger partial charge on any atom is -0.334 e. The quantitative estimate of drug-likeness (QED) is 0.434. The van der Waals surface area contributed by atoms with Gasteiger partial charge in [-0.15, -0.1) is 12.4 Å². The third kappa shape index (κ3) is 4.68. The highest BCUT2D eigenvalue weighted by atomic mass is 35.5. The van der Waals surface area contributed by atoms with Crippen molar-refractivity contribution in [3.05, 3.63) is 47.9 Å². The van der Waals surface area contributed by atoms with E-state index in [-0.39, 0.29) is 12.4 Å². The maximum absolute atomic E-state index is 5.26. The number of imidazole rings is 1. The lowest BCUT2D eigenvalue weighted by Crippen LogP contribution is -2.49. The van der Waals surface area contributed by atoms with E-state index in [0.29, 0.717) is 23.7 Å². The molecule has 1 atom stereocenters. The number of aromatic nitrogens is 5. The first-order valence-corrected chi connectivity index (χ1v) is 10.1. The van der Waals surface area contributed by atoms with E-state index in [9.17, 15) is 0 Å². The Kier molecular flexibility index (Phi) is 6.17. The Morgan fingerprint density at radius 1 is 1.23 bits per heavy atom. The average molecular weight is 441 g/mol. The number of fused-ring (bicyclic) bond motifs is 1. The standard InChI is InChI=1S/C21H24N8O.ClH/c1-13-11-22-7-8-29(13)12-15-5-6-23-19(9-15)27-21-25-17-4-3-16(10-18(17)26-21)20-24-14(2)28-30-20;/h3-6,9-10,13,22H,7-8,11-12H2,1-2H3,(H2,23,25,26,27);1H/t13-;/m1./s1. The lowest BCUT2D eigenvalue weighted by atomic mass is 10.1. The molecule has 162 valence electrons. The molecule has 1 aliphatic rings. The lowest BCUT2D eigenvalue weighted by molar-refractivity contribution is 0.165. The van der Waals surface area contributed by atoms with Gasteiger partial charge in [0.15, 0.2) is 5.82 Å². The molecule has 10 heteroatoms. The van der Waals surface area contributed by atoms with Crippen molar-refractivity contribution in [1.29, 1.82) is 0 Å². The third-order valence-electron chi connectivity index (χ3n) is 5.35. The molecule has 0 radical (unpaired) electrons. The Labute approximate surface area is 186 Å². The molecule has 4 heterocycles. The van der Waals surface area contributed by atoms with Crippen LogP contribution in [0.2, 0.25) is 0 Å². The van der Waals surface area contributed by atoms with Gasteiger partial charge in [-0.1, -0.05) is 5.16 Å². The average Bonchev–Trinajstić information content (AvgIpc) is 3.35. The summed E-state index contributed by atoms with van der Waals surface area (Å²) in [4.78, 5) is 19.1. The summed E-state index contributed by atoms with van der Waals surface area (Å²) >= 11 is 0. The first-order valence-electron chi connectivity index (χ1n) is 10.1. The molecule has 1 fully saturated rings. The molecule has 0 bridgehead atoms. The molecule has 0 spiro atoms. The molecule has 0 unspecified atom stereocenters. The lowest BCUT2D eigenvalue weighted by Gasteiger charge is -2.33. The molecule has 0 aliphatic carbocycles. The number of anilines is 2. The van der Waals surface area contributed by atoms with Crippen molar-refractivity contribution in [2.24, 2.45) is 0 Å². The minimum absolute atomic E-state index is 0. The van der Waals surface area contributed by atoms with Gasteiger partial charge in [0, 0.05) is 44.0 Å². The zero-order chi connectivity index (χ0) is 20.5. The van der Waals surface area contributed by atoms with E-state index in [4.69, 9.17) is 4.52 Å². The van der Waals surface area contributed by atoms with Gasteiger partial charge >= 0.3 is 0 Å². The predicted octanol–water partition coefficient (Wildman–Crippen LogP) is 3.28. The van der Waals surface area contributed by atoms with E-state index < -0.39 is 0 Å². The topological polar surface area (TPSA) is 108 Å². The van der Waals surface area contributed by atoms with Crippen LogP contribution in [0.15, 0.2) is 41.1 Å². The zero-order valence-corrected chi connectivity index (χ0v) is 18.2. The maximum atomic E-state index is 5.26. The summed E-state index contributed by atoms with van der Waals surface area (Å²) in [5.74, 6) is 2.51. The Bertz CT molecular complexity index is 1170. The van der Waals surface area contributed by atoms with E-state index in [1.807, 2.05) is 24.4 Å². The Morgan fingerprint density at radius 2 is 2.13 bits per heavy atom. The molecule has 1 aromatic carbocycles. The smallest absolute Gasteiger partial charge is 0.257 e. The number of pyridine rings is 1. The number of hydrogen-bond donors (Lipinski definition) is 3. The SMILES string of the molecule is Cc1noc(-c2ccc3nc(Nc4cc(CN5CCNC[C@H]5C)ccn4)[nH]c3c2)n1.Cl. The summed E-state index contributed by atoms with van der Waals surface area (Å²) in [6.45, 7) is 8.08. The van der Waals surface area contributed by atoms with E-state index in [1.165, 1.54) is 5.56 Å². The molecule has 1 aliphatic heterocycles. The predicted molar refractivity (Wildman–Crippen MR) is 122 cm³/mol. The number of piperazine rings is 1. The first-order chi connectivity index (χ1) is 14.6. The molecular formula is C21H25ClN8O. The molecule has 3 N–H and O–H groups in total. The van der Waals surface area contributed by atoms with Crippen LogP contribution in [0.1, 0.15) is 18.3 Å². The number of halogens is 1. The van der Waals surface area contributed by atoms with Crippen molar-refractivity contribution in [1.82, 2.24) is 35.3 Å². The fraction of sp³-hybridized carbons (Fsp3) is 0.333. The summed E-state index contributed by atoms with van der Waals surface area (Å²) in [6.07, 6.45) is 1.84. The molecule has 0 amide bonds. The van der Waals surface area contributed by atoms with Gasteiger partial charge in [0.1, 0.15) is 5.82 Å². The molecule has 0 saturated carbocycles. The van der Waals surface area contributed by atoms with Crippen molar-refractivity contribution < 1.29 is 4.52 Å². The molecular weight excluding hydrogens is 416 g/mol. The third-order valence-corrected chi connectivity index (χ3v) is 5.35. The van der Waals surface area contributed by atoms with Crippen LogP contribution in [0, 0.1) is 6.92 Å². The van der Waals surface area contributed by atoms with Crippen LogP contribution >= 0.6 is 12.4 Å². The molecule has 31 heavy (non-hydrogen) atoms. The zero-order valence-electron chi connectivity index (χ0n) is 17.4. The molecule has 3 aromatic heterocycles. The number of nitrogens with zero attached hydrogens (tertiary/aromatic N) is 5. The number of H-pyrrole nitrogens is 1. The van der Waals surface area contributed by atoms with E-state index in [0.717, 1.165) is 48.6 Å². The van der Waals surface area contributed by atoms with Gasteiger partial charge < -0.3 is 20.1 Å². The van der Waals surface area contributed by atoms with E-state index in [1.54, 1.807) is 6.92 Å². The van der Waals surface area contributed by atoms with Crippen LogP contribution < -0.4 is 10.6 Å². The van der Waals surface area contributed by atoms with Crippen molar-refractivity contribution in [3.63, 3.8) is 0 Å². The molecule has 5 rings (SSSR count). The normalized spacial score (nSPS) is 16.9. The van der Waals surface area contributed by atoms with Crippen LogP contribution in [0.5, 0.6) is 0 Å². The Morgan fingerprint density at radius 3 is 2.94 bits per heavy atom. The summed E-state index contributed by atoms with van der Waals surface area (Å²) in [6, 6.07) is 10.5. The van der Waals surface area contributed by atoms with Crippen LogP contribution in [-0.4, -0.2) is 55.7 Å². The highest BCUT2D eigenvalue weighted by Gasteiger charge is 2.18. The maximum Gasteiger partial charge on any atom is 0.257 e. The van der Waals surface area contributed by atoms with Gasteiger partial charge in [-0.25, -0.2) is 9.97 Å². The van der Waals surface area contributed by atoms with Crippen molar-refractivity contribution in [2.75, 3.05) is 25.0 Å². The second-order valence-electron chi connectivity index (χ2n) is 7.66. The van der Waals surface area contributed by atoms with Gasteiger partial charge in [-0.2, -0.15) is 4.98 Å². The highest BCUT2D eigenvalue weighted by Crippen LogP contribution is 2.24. The first kappa shape index (κ1) is 21.2. The fourth-order valence-electron chi connectivity index (χ4n) is 3.73. The van der Waals surface area contributed by atoms with E-state index >= 15 is 0 Å². The van der Waals surface area contributed by atoms with Gasteiger partial charge in [-0.3, -0.25) is 4.90 Å². The van der Waals surface area contributed by atoms with Crippen LogP contribution in [0.4, 0.5) is 11.8 Å².